The first kappa shape index (κ1) is 13.2. The predicted molar refractivity (Wildman–Crippen MR) is 68.3 cm³/mol. The van der Waals surface area contributed by atoms with Crippen molar-refractivity contribution in [1.82, 2.24) is 0 Å². The van der Waals surface area contributed by atoms with Crippen LogP contribution in [0.5, 0.6) is 0 Å². The highest BCUT2D eigenvalue weighted by Crippen LogP contribution is 2.19. The zero-order valence-electron chi connectivity index (χ0n) is 10.7. The van der Waals surface area contributed by atoms with Gasteiger partial charge in [0.25, 0.3) is 0 Å². The van der Waals surface area contributed by atoms with E-state index in [2.05, 4.69) is 24.3 Å². The number of benzene rings is 1. The summed E-state index contributed by atoms with van der Waals surface area (Å²) in [6.07, 6.45) is 1.67. The molecular formula is C14H23NO. The molecule has 0 unspecified atom stereocenters. The fraction of sp³-hybridized carbons (Fsp3) is 0.571. The van der Waals surface area contributed by atoms with Crippen LogP contribution in [0.15, 0.2) is 24.3 Å². The van der Waals surface area contributed by atoms with Crippen LogP contribution in [0.1, 0.15) is 45.2 Å². The predicted octanol–water partition coefficient (Wildman–Crippen LogP) is 2.58. The van der Waals surface area contributed by atoms with Crippen LogP contribution < -0.4 is 5.73 Å². The van der Waals surface area contributed by atoms with E-state index in [1.807, 2.05) is 27.7 Å². The van der Waals surface area contributed by atoms with Gasteiger partial charge in [0, 0.05) is 5.54 Å². The molecule has 90 valence electrons. The van der Waals surface area contributed by atoms with E-state index in [1.165, 1.54) is 5.56 Å². The number of aliphatic hydroxyl groups is 1. The molecule has 0 fully saturated rings. The molecule has 0 spiro atoms. The molecule has 0 aliphatic carbocycles. The first-order valence-electron chi connectivity index (χ1n) is 5.79. The van der Waals surface area contributed by atoms with Crippen molar-refractivity contribution in [3.8, 4) is 0 Å². The molecule has 0 aliphatic heterocycles. The third-order valence-electron chi connectivity index (χ3n) is 2.72. The zero-order valence-corrected chi connectivity index (χ0v) is 10.7. The van der Waals surface area contributed by atoms with Crippen LogP contribution in [0.2, 0.25) is 0 Å². The van der Waals surface area contributed by atoms with Crippen molar-refractivity contribution < 1.29 is 5.11 Å². The highest BCUT2D eigenvalue weighted by Gasteiger charge is 2.14. The summed E-state index contributed by atoms with van der Waals surface area (Å²) in [4.78, 5) is 0. The van der Waals surface area contributed by atoms with Crippen molar-refractivity contribution in [2.24, 2.45) is 5.73 Å². The summed E-state index contributed by atoms with van der Waals surface area (Å²) < 4.78 is 0. The number of rotatable bonds is 4. The lowest BCUT2D eigenvalue weighted by molar-refractivity contribution is 0.0714. The van der Waals surface area contributed by atoms with E-state index in [-0.39, 0.29) is 5.54 Å². The Balaban J connectivity index is 2.66. The van der Waals surface area contributed by atoms with Crippen molar-refractivity contribution in [3.05, 3.63) is 35.4 Å². The van der Waals surface area contributed by atoms with E-state index >= 15 is 0 Å². The number of nitrogens with two attached hydrogens (primary N) is 1. The van der Waals surface area contributed by atoms with Gasteiger partial charge in [-0.25, -0.2) is 0 Å². The fourth-order valence-corrected chi connectivity index (χ4v) is 1.55. The number of hydrogen-bond acceptors (Lipinski definition) is 2. The molecule has 0 saturated carbocycles. The van der Waals surface area contributed by atoms with Crippen LogP contribution in [0.25, 0.3) is 0 Å². The minimum absolute atomic E-state index is 0.283. The van der Waals surface area contributed by atoms with Crippen LogP contribution in [0, 0.1) is 0 Å². The van der Waals surface area contributed by atoms with Crippen molar-refractivity contribution in [3.63, 3.8) is 0 Å². The van der Waals surface area contributed by atoms with E-state index in [0.717, 1.165) is 18.4 Å². The maximum atomic E-state index is 9.64. The van der Waals surface area contributed by atoms with Gasteiger partial charge in [-0.3, -0.25) is 0 Å². The number of aryl methyl sites for hydroxylation is 1. The van der Waals surface area contributed by atoms with Crippen molar-refractivity contribution in [2.45, 2.75) is 51.7 Å². The third-order valence-corrected chi connectivity index (χ3v) is 2.72. The first-order valence-corrected chi connectivity index (χ1v) is 5.79. The van der Waals surface area contributed by atoms with Gasteiger partial charge < -0.3 is 10.8 Å². The lowest BCUT2D eigenvalue weighted by atomic mass is 9.93. The van der Waals surface area contributed by atoms with Gasteiger partial charge in [0.05, 0.1) is 5.60 Å². The van der Waals surface area contributed by atoms with Crippen molar-refractivity contribution in [1.29, 1.82) is 0 Å². The average molecular weight is 221 g/mol. The highest BCUT2D eigenvalue weighted by molar-refractivity contribution is 5.27. The van der Waals surface area contributed by atoms with E-state index in [0.29, 0.717) is 0 Å². The molecule has 0 aromatic heterocycles. The van der Waals surface area contributed by atoms with Crippen LogP contribution in [0.3, 0.4) is 0 Å². The van der Waals surface area contributed by atoms with Gasteiger partial charge >= 0.3 is 0 Å². The maximum absolute atomic E-state index is 9.64. The molecule has 1 aromatic carbocycles. The monoisotopic (exact) mass is 221 g/mol. The van der Waals surface area contributed by atoms with E-state index < -0.39 is 5.60 Å². The number of hydrogen-bond donors (Lipinski definition) is 2. The topological polar surface area (TPSA) is 46.2 Å². The zero-order chi connectivity index (χ0) is 12.4. The van der Waals surface area contributed by atoms with Crippen LogP contribution in [0.4, 0.5) is 0 Å². The van der Waals surface area contributed by atoms with Gasteiger partial charge in [-0.05, 0) is 51.7 Å². The smallest absolute Gasteiger partial charge is 0.0594 e. The minimum atomic E-state index is -0.591. The second kappa shape index (κ2) is 4.56. The summed E-state index contributed by atoms with van der Waals surface area (Å²) in [5.41, 5.74) is 7.52. The van der Waals surface area contributed by atoms with Gasteiger partial charge in [0.1, 0.15) is 0 Å². The molecule has 2 heteroatoms. The van der Waals surface area contributed by atoms with Crippen molar-refractivity contribution >= 4 is 0 Å². The fourth-order valence-electron chi connectivity index (χ4n) is 1.55. The molecular weight excluding hydrogens is 198 g/mol. The Labute approximate surface area is 98.5 Å². The molecule has 0 atom stereocenters. The highest BCUT2D eigenvalue weighted by atomic mass is 16.3. The van der Waals surface area contributed by atoms with E-state index in [1.54, 1.807) is 0 Å². The lowest BCUT2D eigenvalue weighted by Crippen LogP contribution is -2.28. The molecule has 1 rings (SSSR count). The van der Waals surface area contributed by atoms with Crippen LogP contribution in [-0.2, 0) is 12.0 Å². The molecule has 0 bridgehead atoms. The summed E-state index contributed by atoms with van der Waals surface area (Å²) in [5.74, 6) is 0. The molecule has 3 N–H and O–H groups in total. The molecule has 16 heavy (non-hydrogen) atoms. The Bertz CT molecular complexity index is 327. The molecule has 2 nitrogen and oxygen atoms in total. The van der Waals surface area contributed by atoms with Crippen LogP contribution >= 0.6 is 0 Å². The third kappa shape index (κ3) is 4.33. The minimum Gasteiger partial charge on any atom is -0.390 e. The largest absolute Gasteiger partial charge is 0.390 e. The molecule has 0 amide bonds. The Morgan fingerprint density at radius 1 is 1.06 bits per heavy atom. The summed E-state index contributed by atoms with van der Waals surface area (Å²) in [5, 5.41) is 9.64. The summed E-state index contributed by atoms with van der Waals surface area (Å²) in [6, 6.07) is 8.32. The second-order valence-corrected chi connectivity index (χ2v) is 5.73. The Kier molecular flexibility index (Phi) is 3.76. The molecule has 1 aromatic rings. The van der Waals surface area contributed by atoms with Gasteiger partial charge in [0.15, 0.2) is 0 Å². The summed E-state index contributed by atoms with van der Waals surface area (Å²) in [7, 11) is 0. The van der Waals surface area contributed by atoms with Gasteiger partial charge in [-0.1, -0.05) is 24.3 Å². The van der Waals surface area contributed by atoms with Crippen molar-refractivity contribution in [2.75, 3.05) is 0 Å². The van der Waals surface area contributed by atoms with E-state index in [4.69, 9.17) is 5.73 Å². The second-order valence-electron chi connectivity index (χ2n) is 5.73. The Morgan fingerprint density at radius 2 is 1.56 bits per heavy atom. The quantitative estimate of drug-likeness (QED) is 0.821. The normalized spacial score (nSPS) is 12.9. The molecule has 0 aliphatic rings. The standard InChI is InChI=1S/C14H23NO/c1-13(2,16)10-9-11-5-7-12(8-6-11)14(3,4)15/h5-8,16H,9-10,15H2,1-4H3. The average Bonchev–Trinajstić information content (AvgIpc) is 2.13. The SMILES string of the molecule is CC(C)(O)CCc1ccc(C(C)(C)N)cc1. The first-order chi connectivity index (χ1) is 7.18. The lowest BCUT2D eigenvalue weighted by Gasteiger charge is -2.20. The Hall–Kier alpha value is -0.860. The summed E-state index contributed by atoms with van der Waals surface area (Å²) >= 11 is 0. The molecule has 0 radical (unpaired) electrons. The van der Waals surface area contributed by atoms with E-state index in [9.17, 15) is 5.11 Å². The van der Waals surface area contributed by atoms with Gasteiger partial charge in [-0.15, -0.1) is 0 Å². The van der Waals surface area contributed by atoms with Gasteiger partial charge in [-0.2, -0.15) is 0 Å². The molecule has 0 heterocycles. The maximum Gasteiger partial charge on any atom is 0.0594 e. The van der Waals surface area contributed by atoms with Crippen LogP contribution in [-0.4, -0.2) is 10.7 Å². The Morgan fingerprint density at radius 3 is 1.94 bits per heavy atom. The van der Waals surface area contributed by atoms with Gasteiger partial charge in [0.2, 0.25) is 0 Å². The molecule has 0 saturated heterocycles. The summed E-state index contributed by atoms with van der Waals surface area (Å²) in [6.45, 7) is 7.67.